The fourth-order valence-corrected chi connectivity index (χ4v) is 0. The summed E-state index contributed by atoms with van der Waals surface area (Å²) in [5.74, 6) is 0. The fourth-order valence-electron chi connectivity index (χ4n) is 0. The first kappa shape index (κ1) is 17.1. The fraction of sp³-hybridized carbons (Fsp3) is 0. The van der Waals surface area contributed by atoms with Crippen LogP contribution in [-0.2, 0) is 53.5 Å². The van der Waals surface area contributed by atoms with Crippen LogP contribution in [0.1, 0.15) is 0 Å². The van der Waals surface area contributed by atoms with Crippen LogP contribution in [0.4, 0.5) is 0 Å². The zero-order valence-corrected chi connectivity index (χ0v) is 6.40. The number of hydrogen-bond donors (Lipinski definition) is 0. The summed E-state index contributed by atoms with van der Waals surface area (Å²) in [7, 11) is 0. The van der Waals surface area contributed by atoms with Crippen LogP contribution >= 0.6 is 0 Å². The molecule has 4 heavy (non-hydrogen) atoms. The van der Waals surface area contributed by atoms with Gasteiger partial charge in [-0.2, -0.15) is 0 Å². The summed E-state index contributed by atoms with van der Waals surface area (Å²) in [6.45, 7) is 0. The van der Waals surface area contributed by atoms with Gasteiger partial charge in [0.05, 0.1) is 0 Å². The zero-order valence-electron chi connectivity index (χ0n) is 2.13. The van der Waals surface area contributed by atoms with Gasteiger partial charge in [-0.3, -0.25) is 0 Å². The molecule has 0 fully saturated rings. The first-order chi connectivity index (χ1) is 1.00. The van der Waals surface area contributed by atoms with Crippen molar-refractivity contribution in [3.8, 4) is 0 Å². The monoisotopic (exact) mass is 221 g/mol. The molecule has 0 bridgehead atoms. The molecule has 0 rings (SSSR count). The van der Waals surface area contributed by atoms with Crippen LogP contribution in [0.5, 0.6) is 0 Å². The molecule has 0 aromatic rings. The van der Waals surface area contributed by atoms with Crippen LogP contribution in [0.3, 0.4) is 0 Å². The van der Waals surface area contributed by atoms with E-state index in [1.807, 2.05) is 25.7 Å². The van der Waals surface area contributed by atoms with Crippen molar-refractivity contribution >= 4 is 6.11 Å². The van der Waals surface area contributed by atoms with Gasteiger partial charge in [0, 0.05) is 33.9 Å². The van der Waals surface area contributed by atoms with Crippen molar-refractivity contribution in [2.75, 3.05) is 0 Å². The normalized spacial score (nSPS) is 1.00. The van der Waals surface area contributed by atoms with Crippen molar-refractivity contribution in [2.45, 2.75) is 0 Å². The van der Waals surface area contributed by atoms with E-state index in [2.05, 4.69) is 0 Å². The Kier molecular flexibility index (Phi) is 92.1. The molecular formula is H2BCrMoNi. The average molecular weight is 219 g/mol. The molecule has 0 radical (unpaired) electrons. The van der Waals surface area contributed by atoms with Crippen LogP contribution in [0.15, 0.2) is 0 Å². The maximum Gasteiger partial charge on any atom is 0 e. The topological polar surface area (TPSA) is 0 Å². The Balaban J connectivity index is -0.00000000500. The molecule has 0 aliphatic carbocycles. The molecule has 0 amide bonds. The number of hydrogen-bond acceptors (Lipinski definition) is 0. The second-order valence-electron chi connectivity index (χ2n) is 0. The Morgan fingerprint density at radius 2 is 1.25 bits per heavy atom. The molecule has 4 heteroatoms. The van der Waals surface area contributed by atoms with Crippen LogP contribution in [-0.4, -0.2) is 6.11 Å². The molecule has 0 N–H and O–H groups in total. The molecule has 0 heterocycles. The molecule has 0 saturated heterocycles. The molecular weight excluding hydrogens is 217 g/mol. The van der Waals surface area contributed by atoms with Gasteiger partial charge in [-0.1, -0.05) is 0 Å². The molecule has 0 spiro atoms. The Labute approximate surface area is 59.2 Å². The summed E-state index contributed by atoms with van der Waals surface area (Å²) in [6, 6.07) is 0. The van der Waals surface area contributed by atoms with Gasteiger partial charge < -0.3 is 0 Å². The summed E-state index contributed by atoms with van der Waals surface area (Å²) in [5.41, 5.74) is 0. The summed E-state index contributed by atoms with van der Waals surface area (Å²) in [4.78, 5) is 0. The minimum atomic E-state index is 0. The molecule has 0 atom stereocenters. The average Bonchev–Trinajstić information content (AvgIpc) is 1.00. The zero-order chi connectivity index (χ0) is 2.00. The number of rotatable bonds is 0. The third-order valence-electron chi connectivity index (χ3n) is 0. The van der Waals surface area contributed by atoms with Crippen LogP contribution in [0.25, 0.3) is 0 Å². The first-order valence-electron chi connectivity index (χ1n) is 0.408. The van der Waals surface area contributed by atoms with E-state index >= 15 is 0 Å². The van der Waals surface area contributed by atoms with Gasteiger partial charge in [-0.15, -0.1) is 0 Å². The minimum Gasteiger partial charge on any atom is 0 e. The molecule has 0 nitrogen and oxygen atoms in total. The van der Waals surface area contributed by atoms with E-state index in [4.69, 9.17) is 0 Å². The first-order valence-corrected chi connectivity index (χ1v) is 2.42. The van der Waals surface area contributed by atoms with Gasteiger partial charge in [0.1, 0.15) is 0 Å². The van der Waals surface area contributed by atoms with Crippen LogP contribution in [0.2, 0.25) is 0 Å². The predicted molar refractivity (Wildman–Crippen MR) is 8.54 cm³/mol. The van der Waals surface area contributed by atoms with E-state index in [9.17, 15) is 0 Å². The summed E-state index contributed by atoms with van der Waals surface area (Å²) in [6.07, 6.45) is 2.01. The minimum absolute atomic E-state index is 0. The van der Waals surface area contributed by atoms with Gasteiger partial charge in [0.15, 0.2) is 0 Å². The molecule has 0 unspecified atom stereocenters. The maximum atomic E-state index is 2.01. The Bertz CT molecular complexity index is 8.00. The van der Waals surface area contributed by atoms with Crippen molar-refractivity contribution in [1.29, 1.82) is 0 Å². The van der Waals surface area contributed by atoms with Gasteiger partial charge in [0.25, 0.3) is 0 Å². The second kappa shape index (κ2) is 21.6. The quantitative estimate of drug-likeness (QED) is 0.462. The molecule has 27 valence electrons. The van der Waals surface area contributed by atoms with Crippen molar-refractivity contribution < 1.29 is 53.5 Å². The molecule has 0 aromatic heterocycles. The molecule has 0 aromatic carbocycles. The van der Waals surface area contributed by atoms with Crippen molar-refractivity contribution in [1.82, 2.24) is 0 Å². The van der Waals surface area contributed by atoms with Gasteiger partial charge in [-0.05, 0) is 0 Å². The standard InChI is InChI=1S/BH2.Cr.Mo.Ni/h1H2;;;/q+1;;-1;. The van der Waals surface area contributed by atoms with Crippen molar-refractivity contribution in [3.05, 3.63) is 0 Å². The third kappa shape index (κ3) is 9.22. The van der Waals surface area contributed by atoms with E-state index in [0.29, 0.717) is 0 Å². The summed E-state index contributed by atoms with van der Waals surface area (Å²) >= 11 is 1.95. The van der Waals surface area contributed by atoms with E-state index < -0.39 is 0 Å². The van der Waals surface area contributed by atoms with Crippen molar-refractivity contribution in [2.24, 2.45) is 0 Å². The van der Waals surface area contributed by atoms with Crippen LogP contribution < -0.4 is 0 Å². The Hall–Kier alpha value is 1.78. The van der Waals surface area contributed by atoms with Gasteiger partial charge in [-0.25, -0.2) is 0 Å². The Morgan fingerprint density at radius 3 is 1.25 bits per heavy atom. The Morgan fingerprint density at radius 1 is 1.25 bits per heavy atom. The maximum absolute atomic E-state index is 2.01. The summed E-state index contributed by atoms with van der Waals surface area (Å²) < 4.78 is 0. The van der Waals surface area contributed by atoms with E-state index in [1.54, 1.807) is 0 Å². The van der Waals surface area contributed by atoms with E-state index in [0.717, 1.165) is 0 Å². The van der Waals surface area contributed by atoms with E-state index in [1.165, 1.54) is 0 Å². The third-order valence-corrected chi connectivity index (χ3v) is 0. The largest absolute Gasteiger partial charge is 0 e. The smallest absolute Gasteiger partial charge is 0 e. The predicted octanol–water partition coefficient (Wildman–Crippen LogP) is -0.924. The molecule has 0 aliphatic rings. The molecule has 0 saturated carbocycles. The van der Waals surface area contributed by atoms with E-state index in [-0.39, 0.29) is 33.9 Å². The second-order valence-corrected chi connectivity index (χ2v) is 0. The summed E-state index contributed by atoms with van der Waals surface area (Å²) in [5, 5.41) is 0. The molecule has 0 aliphatic heterocycles. The van der Waals surface area contributed by atoms with Gasteiger partial charge in [0.2, 0.25) is 0 Å². The van der Waals surface area contributed by atoms with Crippen molar-refractivity contribution in [3.63, 3.8) is 0 Å². The SMILES string of the molecule is [BH2][Mo].[Cr].[Ni]. The van der Waals surface area contributed by atoms with Gasteiger partial charge >= 0.3 is 25.7 Å². The van der Waals surface area contributed by atoms with Crippen LogP contribution in [0, 0.1) is 0 Å².